The predicted octanol–water partition coefficient (Wildman–Crippen LogP) is 1.16. The van der Waals surface area contributed by atoms with Crippen molar-refractivity contribution in [3.05, 3.63) is 18.2 Å². The molecule has 2 aliphatic heterocycles. The molecule has 0 spiro atoms. The van der Waals surface area contributed by atoms with Gasteiger partial charge in [-0.25, -0.2) is 4.98 Å². The van der Waals surface area contributed by atoms with Crippen LogP contribution in [0.4, 0.5) is 0 Å². The van der Waals surface area contributed by atoms with E-state index in [0.717, 1.165) is 38.5 Å². The lowest BCUT2D eigenvalue weighted by Gasteiger charge is -2.52. The van der Waals surface area contributed by atoms with Crippen LogP contribution in [0.5, 0.6) is 0 Å². The Hall–Kier alpha value is -1.44. The summed E-state index contributed by atoms with van der Waals surface area (Å²) in [6.07, 6.45) is 5.69. The molecule has 2 fully saturated rings. The highest BCUT2D eigenvalue weighted by molar-refractivity contribution is 5.76. The highest BCUT2D eigenvalue weighted by Crippen LogP contribution is 2.39. The Kier molecular flexibility index (Phi) is 6.23. The van der Waals surface area contributed by atoms with E-state index in [1.807, 2.05) is 11.1 Å². The van der Waals surface area contributed by atoms with Crippen LogP contribution in [0.1, 0.15) is 39.4 Å². The van der Waals surface area contributed by atoms with Crippen molar-refractivity contribution in [1.29, 1.82) is 0 Å². The number of imidazole rings is 1. The fourth-order valence-corrected chi connectivity index (χ4v) is 4.23. The molecule has 1 aromatic rings. The van der Waals surface area contributed by atoms with Gasteiger partial charge >= 0.3 is 0 Å². The number of morpholine rings is 1. The van der Waals surface area contributed by atoms with Crippen LogP contribution in [-0.2, 0) is 22.5 Å². The molecule has 1 unspecified atom stereocenters. The molecule has 1 N–H and O–H groups in total. The zero-order chi connectivity index (χ0) is 19.5. The van der Waals surface area contributed by atoms with Crippen molar-refractivity contribution in [2.45, 2.75) is 52.2 Å². The van der Waals surface area contributed by atoms with Crippen LogP contribution >= 0.6 is 0 Å². The first-order chi connectivity index (χ1) is 12.8. The number of β-amino-alcohol motifs (C(OH)–C–C–N with tert-alkyl or cyclic N) is 1. The molecule has 2 saturated heterocycles. The first-order valence-corrected chi connectivity index (χ1v) is 10.1. The van der Waals surface area contributed by atoms with Crippen LogP contribution in [0.15, 0.2) is 12.4 Å². The summed E-state index contributed by atoms with van der Waals surface area (Å²) >= 11 is 0. The molecular formula is C20H34N4O3. The van der Waals surface area contributed by atoms with Crippen molar-refractivity contribution in [2.24, 2.45) is 5.41 Å². The third-order valence-electron chi connectivity index (χ3n) is 6.27. The number of carbonyl (C=O) groups excluding carboxylic acids is 1. The van der Waals surface area contributed by atoms with Gasteiger partial charge < -0.3 is 19.3 Å². The minimum absolute atomic E-state index is 0.159. The van der Waals surface area contributed by atoms with Gasteiger partial charge in [-0.1, -0.05) is 20.8 Å². The van der Waals surface area contributed by atoms with E-state index in [2.05, 4.69) is 35.2 Å². The SMILES string of the molecule is CCc1nccn1CCC(=O)N1CCC(O)(CN2CCOCC2)C(C)(C)C1. The third kappa shape index (κ3) is 4.52. The zero-order valence-electron chi connectivity index (χ0n) is 17.0. The van der Waals surface area contributed by atoms with E-state index in [9.17, 15) is 9.90 Å². The second-order valence-electron chi connectivity index (χ2n) is 8.51. The fraction of sp³-hybridized carbons (Fsp3) is 0.800. The topological polar surface area (TPSA) is 70.8 Å². The molecule has 1 amide bonds. The molecule has 152 valence electrons. The number of nitrogens with zero attached hydrogens (tertiary/aromatic N) is 4. The lowest BCUT2D eigenvalue weighted by molar-refractivity contribution is -0.157. The molecule has 0 aromatic carbocycles. The van der Waals surface area contributed by atoms with Crippen LogP contribution in [0.25, 0.3) is 0 Å². The molecule has 0 aliphatic carbocycles. The molecule has 0 radical (unpaired) electrons. The van der Waals surface area contributed by atoms with Gasteiger partial charge in [-0.15, -0.1) is 0 Å². The van der Waals surface area contributed by atoms with E-state index >= 15 is 0 Å². The average molecular weight is 379 g/mol. The van der Waals surface area contributed by atoms with Crippen molar-refractivity contribution in [3.63, 3.8) is 0 Å². The number of aliphatic hydroxyl groups is 1. The number of hydrogen-bond donors (Lipinski definition) is 1. The molecule has 7 heteroatoms. The zero-order valence-corrected chi connectivity index (χ0v) is 17.0. The molecule has 0 bridgehead atoms. The monoisotopic (exact) mass is 378 g/mol. The van der Waals surface area contributed by atoms with Crippen molar-refractivity contribution >= 4 is 5.91 Å². The Bertz CT molecular complexity index is 639. The number of aromatic nitrogens is 2. The number of amides is 1. The van der Waals surface area contributed by atoms with Crippen molar-refractivity contribution in [1.82, 2.24) is 19.4 Å². The summed E-state index contributed by atoms with van der Waals surface area (Å²) in [5, 5.41) is 11.4. The summed E-state index contributed by atoms with van der Waals surface area (Å²) in [7, 11) is 0. The summed E-state index contributed by atoms with van der Waals surface area (Å²) in [6, 6.07) is 0. The summed E-state index contributed by atoms with van der Waals surface area (Å²) in [6.45, 7) is 12.0. The second kappa shape index (κ2) is 8.29. The Morgan fingerprint density at radius 1 is 1.30 bits per heavy atom. The largest absolute Gasteiger partial charge is 0.388 e. The van der Waals surface area contributed by atoms with E-state index in [1.165, 1.54) is 0 Å². The molecule has 1 atom stereocenters. The van der Waals surface area contributed by atoms with E-state index < -0.39 is 5.60 Å². The predicted molar refractivity (Wildman–Crippen MR) is 103 cm³/mol. The standard InChI is InChI=1S/C20H34N4O3/c1-4-17-21-7-10-23(17)8-5-18(25)24-9-6-20(26,19(2,3)15-24)16-22-11-13-27-14-12-22/h7,10,26H,4-6,8-9,11-16H2,1-3H3. The first kappa shape index (κ1) is 20.3. The molecule has 0 saturated carbocycles. The van der Waals surface area contributed by atoms with Gasteiger partial charge in [0.15, 0.2) is 0 Å². The average Bonchev–Trinajstić information content (AvgIpc) is 3.10. The Morgan fingerprint density at radius 3 is 2.70 bits per heavy atom. The summed E-state index contributed by atoms with van der Waals surface area (Å²) in [5.74, 6) is 1.17. The molecular weight excluding hydrogens is 344 g/mol. The molecule has 3 rings (SSSR count). The molecule has 1 aromatic heterocycles. The van der Waals surface area contributed by atoms with E-state index in [-0.39, 0.29) is 11.3 Å². The molecule has 2 aliphatic rings. The number of hydrogen-bond acceptors (Lipinski definition) is 5. The van der Waals surface area contributed by atoms with Crippen LogP contribution < -0.4 is 0 Å². The van der Waals surface area contributed by atoms with Crippen molar-refractivity contribution < 1.29 is 14.6 Å². The maximum Gasteiger partial charge on any atom is 0.224 e. The Morgan fingerprint density at radius 2 is 2.04 bits per heavy atom. The van der Waals surface area contributed by atoms with Gasteiger partial charge in [0.1, 0.15) is 5.82 Å². The number of likely N-dealkylation sites (tertiary alicyclic amines) is 1. The maximum atomic E-state index is 12.8. The van der Waals surface area contributed by atoms with Gasteiger partial charge in [-0.05, 0) is 6.42 Å². The van der Waals surface area contributed by atoms with Crippen LogP contribution in [0, 0.1) is 5.41 Å². The number of carbonyl (C=O) groups is 1. The molecule has 7 nitrogen and oxygen atoms in total. The first-order valence-electron chi connectivity index (χ1n) is 10.1. The lowest BCUT2D eigenvalue weighted by Crippen LogP contribution is -2.63. The highest BCUT2D eigenvalue weighted by atomic mass is 16.5. The Labute approximate surface area is 162 Å². The van der Waals surface area contributed by atoms with E-state index in [0.29, 0.717) is 39.0 Å². The fourth-order valence-electron chi connectivity index (χ4n) is 4.23. The van der Waals surface area contributed by atoms with E-state index in [1.54, 1.807) is 6.20 Å². The van der Waals surface area contributed by atoms with E-state index in [4.69, 9.17) is 4.74 Å². The number of ether oxygens (including phenoxy) is 1. The van der Waals surface area contributed by atoms with Crippen LogP contribution in [-0.4, -0.2) is 81.9 Å². The highest BCUT2D eigenvalue weighted by Gasteiger charge is 2.49. The van der Waals surface area contributed by atoms with Gasteiger partial charge in [0, 0.05) is 69.9 Å². The number of piperidine rings is 1. The molecule has 3 heterocycles. The van der Waals surface area contributed by atoms with Crippen LogP contribution in [0.3, 0.4) is 0 Å². The normalized spacial score (nSPS) is 26.3. The van der Waals surface area contributed by atoms with Gasteiger partial charge in [0.2, 0.25) is 5.91 Å². The smallest absolute Gasteiger partial charge is 0.224 e. The lowest BCUT2D eigenvalue weighted by atomic mass is 9.69. The summed E-state index contributed by atoms with van der Waals surface area (Å²) in [5.41, 5.74) is -1.12. The third-order valence-corrected chi connectivity index (χ3v) is 6.27. The minimum Gasteiger partial charge on any atom is -0.388 e. The maximum absolute atomic E-state index is 12.8. The van der Waals surface area contributed by atoms with Crippen LogP contribution in [0.2, 0.25) is 0 Å². The Balaban J connectivity index is 1.56. The minimum atomic E-state index is -0.777. The van der Waals surface area contributed by atoms with Gasteiger partial charge in [-0.2, -0.15) is 0 Å². The quantitative estimate of drug-likeness (QED) is 0.804. The van der Waals surface area contributed by atoms with Gasteiger partial charge in [0.05, 0.1) is 18.8 Å². The summed E-state index contributed by atoms with van der Waals surface area (Å²) in [4.78, 5) is 21.3. The van der Waals surface area contributed by atoms with Gasteiger partial charge in [0.25, 0.3) is 0 Å². The van der Waals surface area contributed by atoms with Gasteiger partial charge in [-0.3, -0.25) is 9.69 Å². The van der Waals surface area contributed by atoms with Crippen molar-refractivity contribution in [3.8, 4) is 0 Å². The van der Waals surface area contributed by atoms with Crippen molar-refractivity contribution in [2.75, 3.05) is 45.9 Å². The summed E-state index contributed by atoms with van der Waals surface area (Å²) < 4.78 is 7.47. The molecule has 27 heavy (non-hydrogen) atoms. The number of rotatable bonds is 6. The second-order valence-corrected chi connectivity index (χ2v) is 8.51. The number of aryl methyl sites for hydroxylation is 2.